The minimum absolute atomic E-state index is 0.154. The number of carbonyl (C=O) groups excluding carboxylic acids is 1. The number of nitriles is 1. The van der Waals surface area contributed by atoms with E-state index in [2.05, 4.69) is 34.9 Å². The van der Waals surface area contributed by atoms with Crippen molar-refractivity contribution in [2.24, 2.45) is 23.5 Å². The first kappa shape index (κ1) is 21.0. The Kier molecular flexibility index (Phi) is 7.20. The summed E-state index contributed by atoms with van der Waals surface area (Å²) in [5, 5.41) is 9.99. The number of primary amides is 1. The molecule has 6 heteroatoms. The largest absolute Gasteiger partial charge is 0.369 e. The normalized spacial score (nSPS) is 24.5. The van der Waals surface area contributed by atoms with Gasteiger partial charge in [0, 0.05) is 26.2 Å². The number of piperazine rings is 1. The smallest absolute Gasteiger partial charge is 0.235 e. The first-order valence-electron chi connectivity index (χ1n) is 10.4. The van der Waals surface area contributed by atoms with Gasteiger partial charge in [0.2, 0.25) is 5.91 Å². The van der Waals surface area contributed by atoms with Gasteiger partial charge in [-0.3, -0.25) is 9.69 Å². The van der Waals surface area contributed by atoms with E-state index in [0.29, 0.717) is 5.92 Å². The number of rotatable bonds is 6. The van der Waals surface area contributed by atoms with E-state index in [0.717, 1.165) is 69.1 Å². The maximum atomic E-state index is 11.4. The highest BCUT2D eigenvalue weighted by Crippen LogP contribution is 2.35. The molecule has 0 bridgehead atoms. The number of hydrogen-bond donors (Lipinski definition) is 1. The van der Waals surface area contributed by atoms with Gasteiger partial charge < -0.3 is 10.6 Å². The monoisotopic (exact) mass is 402 g/mol. The summed E-state index contributed by atoms with van der Waals surface area (Å²) >= 11 is 6.39. The first-order valence-corrected chi connectivity index (χ1v) is 10.8. The van der Waals surface area contributed by atoms with E-state index in [1.807, 2.05) is 6.07 Å². The summed E-state index contributed by atoms with van der Waals surface area (Å²) in [5.41, 5.74) is 7.76. The van der Waals surface area contributed by atoms with Crippen LogP contribution in [0.4, 0.5) is 5.69 Å². The fraction of sp³-hybridized carbons (Fsp3) is 0.636. The highest BCUT2D eigenvalue weighted by molar-refractivity contribution is 6.33. The molecule has 152 valence electrons. The van der Waals surface area contributed by atoms with E-state index in [1.165, 1.54) is 12.0 Å². The third kappa shape index (κ3) is 5.18. The molecule has 28 heavy (non-hydrogen) atoms. The zero-order chi connectivity index (χ0) is 20.1. The fourth-order valence-electron chi connectivity index (χ4n) is 4.65. The Hall–Kier alpha value is -1.77. The lowest BCUT2D eigenvalue weighted by Gasteiger charge is -2.37. The Labute approximate surface area is 173 Å². The number of carbonyl (C=O) groups is 1. The van der Waals surface area contributed by atoms with E-state index in [-0.39, 0.29) is 5.92 Å². The summed E-state index contributed by atoms with van der Waals surface area (Å²) in [5.74, 6) is -0.214. The molecule has 1 aromatic carbocycles. The molecule has 1 heterocycles. The SMILES string of the molecule is Cc1ccc(Cl)c(N2CCN(CCC3CCC(C(C#N)C(N)=O)CC3)CC2)c1. The van der Waals surface area contributed by atoms with Gasteiger partial charge in [0.1, 0.15) is 5.92 Å². The van der Waals surface area contributed by atoms with Crippen LogP contribution >= 0.6 is 11.6 Å². The Morgan fingerprint density at radius 1 is 1.25 bits per heavy atom. The number of hydrogen-bond acceptors (Lipinski definition) is 4. The van der Waals surface area contributed by atoms with Crippen molar-refractivity contribution in [3.63, 3.8) is 0 Å². The van der Waals surface area contributed by atoms with Crippen LogP contribution in [-0.4, -0.2) is 43.5 Å². The van der Waals surface area contributed by atoms with Gasteiger partial charge in [0.05, 0.1) is 16.8 Å². The number of amides is 1. The van der Waals surface area contributed by atoms with Gasteiger partial charge in [-0.1, -0.05) is 30.5 Å². The van der Waals surface area contributed by atoms with Crippen LogP contribution in [0, 0.1) is 36.0 Å². The summed E-state index contributed by atoms with van der Waals surface area (Å²) in [6.45, 7) is 7.39. The van der Waals surface area contributed by atoms with Crippen molar-refractivity contribution in [1.29, 1.82) is 5.26 Å². The number of halogens is 1. The molecule has 1 aliphatic heterocycles. The Balaban J connectivity index is 1.40. The molecule has 1 atom stereocenters. The molecule has 0 aromatic heterocycles. The summed E-state index contributed by atoms with van der Waals surface area (Å²) in [7, 11) is 0. The van der Waals surface area contributed by atoms with Crippen LogP contribution in [0.2, 0.25) is 5.02 Å². The minimum atomic E-state index is -0.609. The van der Waals surface area contributed by atoms with Crippen LogP contribution in [0.5, 0.6) is 0 Å². The van der Waals surface area contributed by atoms with Gasteiger partial charge in [-0.2, -0.15) is 5.26 Å². The van der Waals surface area contributed by atoms with Crippen LogP contribution in [0.1, 0.15) is 37.7 Å². The van der Waals surface area contributed by atoms with Gasteiger partial charge in [-0.05, 0) is 62.3 Å². The van der Waals surface area contributed by atoms with Crippen LogP contribution in [0.3, 0.4) is 0 Å². The molecule has 2 fully saturated rings. The van der Waals surface area contributed by atoms with Gasteiger partial charge in [-0.25, -0.2) is 0 Å². The van der Waals surface area contributed by atoms with Gasteiger partial charge in [-0.15, -0.1) is 0 Å². The average Bonchev–Trinajstić information content (AvgIpc) is 2.70. The zero-order valence-electron chi connectivity index (χ0n) is 16.7. The van der Waals surface area contributed by atoms with Gasteiger partial charge in [0.15, 0.2) is 0 Å². The molecule has 1 saturated heterocycles. The second kappa shape index (κ2) is 9.62. The molecule has 1 saturated carbocycles. The highest BCUT2D eigenvalue weighted by Gasteiger charge is 2.31. The maximum Gasteiger partial charge on any atom is 0.235 e. The second-order valence-corrected chi connectivity index (χ2v) is 8.77. The summed E-state index contributed by atoms with van der Waals surface area (Å²) in [6, 6.07) is 8.32. The van der Waals surface area contributed by atoms with E-state index in [9.17, 15) is 4.79 Å². The Morgan fingerprint density at radius 3 is 2.54 bits per heavy atom. The lowest BCUT2D eigenvalue weighted by molar-refractivity contribution is -0.122. The third-order valence-corrected chi connectivity index (χ3v) is 6.80. The van der Waals surface area contributed by atoms with Crippen molar-refractivity contribution < 1.29 is 4.79 Å². The molecule has 1 unspecified atom stereocenters. The quantitative estimate of drug-likeness (QED) is 0.789. The summed E-state index contributed by atoms with van der Waals surface area (Å²) in [6.07, 6.45) is 5.31. The van der Waals surface area contributed by atoms with E-state index < -0.39 is 11.8 Å². The lowest BCUT2D eigenvalue weighted by atomic mass is 9.75. The number of anilines is 1. The molecule has 1 amide bonds. The average molecular weight is 403 g/mol. The van der Waals surface area contributed by atoms with E-state index in [4.69, 9.17) is 22.6 Å². The van der Waals surface area contributed by atoms with Crippen LogP contribution in [0.15, 0.2) is 18.2 Å². The van der Waals surface area contributed by atoms with Gasteiger partial charge in [0.25, 0.3) is 0 Å². The molecule has 0 radical (unpaired) electrons. The topological polar surface area (TPSA) is 73.4 Å². The molecule has 3 rings (SSSR count). The first-order chi connectivity index (χ1) is 13.5. The van der Waals surface area contributed by atoms with Crippen molar-refractivity contribution in [1.82, 2.24) is 4.90 Å². The predicted molar refractivity (Wildman–Crippen MR) is 113 cm³/mol. The van der Waals surface area contributed by atoms with Crippen LogP contribution < -0.4 is 10.6 Å². The second-order valence-electron chi connectivity index (χ2n) is 8.36. The van der Waals surface area contributed by atoms with Crippen molar-refractivity contribution in [3.05, 3.63) is 28.8 Å². The molecule has 5 nitrogen and oxygen atoms in total. The number of benzene rings is 1. The van der Waals surface area contributed by atoms with E-state index >= 15 is 0 Å². The van der Waals surface area contributed by atoms with E-state index in [1.54, 1.807) is 0 Å². The predicted octanol–water partition coefficient (Wildman–Crippen LogP) is 3.59. The van der Waals surface area contributed by atoms with Gasteiger partial charge >= 0.3 is 0 Å². The van der Waals surface area contributed by atoms with Crippen molar-refractivity contribution in [2.45, 2.75) is 39.0 Å². The number of aryl methyl sites for hydroxylation is 1. The molecule has 1 aliphatic carbocycles. The molecule has 2 N–H and O–H groups in total. The molecule has 2 aliphatic rings. The zero-order valence-corrected chi connectivity index (χ0v) is 17.5. The van der Waals surface area contributed by atoms with Crippen LogP contribution in [0.25, 0.3) is 0 Å². The Bertz CT molecular complexity index is 716. The number of nitrogens with two attached hydrogens (primary N) is 1. The number of nitrogens with zero attached hydrogens (tertiary/aromatic N) is 3. The van der Waals surface area contributed by atoms with Crippen molar-refractivity contribution in [3.8, 4) is 6.07 Å². The van der Waals surface area contributed by atoms with Crippen LogP contribution in [-0.2, 0) is 4.79 Å². The maximum absolute atomic E-state index is 11.4. The molecular formula is C22H31ClN4O. The fourth-order valence-corrected chi connectivity index (χ4v) is 4.89. The molecular weight excluding hydrogens is 372 g/mol. The standard InChI is InChI=1S/C22H31ClN4O/c1-16-2-7-20(23)21(14-16)27-12-10-26(11-13-27)9-8-17-3-5-18(6-4-17)19(15-24)22(25)28/h2,7,14,17-19H,3-6,8-13H2,1H3,(H2,25,28). The minimum Gasteiger partial charge on any atom is -0.369 e. The highest BCUT2D eigenvalue weighted by atomic mass is 35.5. The Morgan fingerprint density at radius 2 is 1.93 bits per heavy atom. The third-order valence-electron chi connectivity index (χ3n) is 6.48. The molecule has 1 aromatic rings. The van der Waals surface area contributed by atoms with Crippen molar-refractivity contribution in [2.75, 3.05) is 37.6 Å². The molecule has 0 spiro atoms. The summed E-state index contributed by atoms with van der Waals surface area (Å²) in [4.78, 5) is 16.3. The lowest BCUT2D eigenvalue weighted by Crippen LogP contribution is -2.47. The van der Waals surface area contributed by atoms with Crippen molar-refractivity contribution >= 4 is 23.2 Å². The summed E-state index contributed by atoms with van der Waals surface area (Å²) < 4.78 is 0.